The lowest BCUT2D eigenvalue weighted by atomic mass is 10.2. The van der Waals surface area contributed by atoms with Crippen LogP contribution in [0.25, 0.3) is 0 Å². The summed E-state index contributed by atoms with van der Waals surface area (Å²) in [5, 5.41) is 1.88. The number of nitrogens with one attached hydrogen (secondary N) is 1. The van der Waals surface area contributed by atoms with Gasteiger partial charge < -0.3 is 11.1 Å². The second-order valence-electron chi connectivity index (χ2n) is 4.12. The van der Waals surface area contributed by atoms with E-state index in [0.717, 1.165) is 12.1 Å². The number of nitrogens with two attached hydrogens (primary N) is 1. The number of amides is 1. The molecular weight excluding hydrogens is 307 g/mol. The molecule has 3 N–H and O–H groups in total. The van der Waals surface area contributed by atoms with Crippen molar-refractivity contribution in [2.24, 2.45) is 0 Å². The highest BCUT2D eigenvalue weighted by Gasteiger charge is 2.33. The number of anilines is 2. The number of hydrogen-bond donors (Lipinski definition) is 2. The van der Waals surface area contributed by atoms with Crippen molar-refractivity contribution < 1.29 is 18.0 Å². The molecular formula is C13H9ClF3N3O. The standard InChI is InChI=1S/C13H9ClF3N3O/c14-10-3-2-8(5-9(10)13(15,16)17)20-12(21)11-4-1-7(18)6-19-11/h1-6H,18H2,(H,20,21). The summed E-state index contributed by atoms with van der Waals surface area (Å²) in [7, 11) is 0. The van der Waals surface area contributed by atoms with Crippen molar-refractivity contribution in [3.63, 3.8) is 0 Å². The van der Waals surface area contributed by atoms with Crippen molar-refractivity contribution in [3.8, 4) is 0 Å². The molecule has 0 aliphatic carbocycles. The first-order chi connectivity index (χ1) is 9.77. The Morgan fingerprint density at radius 2 is 1.95 bits per heavy atom. The number of nitrogens with zero attached hydrogens (tertiary/aromatic N) is 1. The molecule has 4 nitrogen and oxygen atoms in total. The number of rotatable bonds is 2. The highest BCUT2D eigenvalue weighted by Crippen LogP contribution is 2.36. The van der Waals surface area contributed by atoms with Crippen LogP contribution in [0.5, 0.6) is 0 Å². The molecule has 0 saturated heterocycles. The Hall–Kier alpha value is -2.28. The van der Waals surface area contributed by atoms with Crippen LogP contribution in [0.4, 0.5) is 24.5 Å². The molecule has 1 heterocycles. The minimum atomic E-state index is -4.60. The van der Waals surface area contributed by atoms with Gasteiger partial charge in [-0.05, 0) is 30.3 Å². The van der Waals surface area contributed by atoms with Crippen LogP contribution in [0, 0.1) is 0 Å². The Morgan fingerprint density at radius 1 is 1.24 bits per heavy atom. The Kier molecular flexibility index (Phi) is 4.04. The molecule has 110 valence electrons. The van der Waals surface area contributed by atoms with E-state index in [1.807, 2.05) is 0 Å². The molecule has 0 saturated carbocycles. The summed E-state index contributed by atoms with van der Waals surface area (Å²) >= 11 is 5.49. The largest absolute Gasteiger partial charge is 0.417 e. The molecule has 0 bridgehead atoms. The van der Waals surface area contributed by atoms with Gasteiger partial charge in [0, 0.05) is 5.69 Å². The molecule has 21 heavy (non-hydrogen) atoms. The van der Waals surface area contributed by atoms with Gasteiger partial charge in [-0.3, -0.25) is 4.79 Å². The van der Waals surface area contributed by atoms with E-state index < -0.39 is 22.7 Å². The van der Waals surface area contributed by atoms with Gasteiger partial charge in [-0.1, -0.05) is 11.6 Å². The second kappa shape index (κ2) is 5.61. The fourth-order valence-electron chi connectivity index (χ4n) is 1.56. The molecule has 0 atom stereocenters. The topological polar surface area (TPSA) is 68.0 Å². The Labute approximate surface area is 122 Å². The van der Waals surface area contributed by atoms with Crippen molar-refractivity contribution in [1.82, 2.24) is 4.98 Å². The minimum absolute atomic E-state index is 0.0321. The van der Waals surface area contributed by atoms with Crippen LogP contribution in [0.15, 0.2) is 36.5 Å². The zero-order valence-corrected chi connectivity index (χ0v) is 11.2. The third-order valence-electron chi connectivity index (χ3n) is 2.55. The van der Waals surface area contributed by atoms with Crippen molar-refractivity contribution in [3.05, 3.63) is 52.8 Å². The number of benzene rings is 1. The van der Waals surface area contributed by atoms with Gasteiger partial charge in [-0.2, -0.15) is 13.2 Å². The van der Waals surface area contributed by atoms with E-state index in [-0.39, 0.29) is 11.4 Å². The maximum Gasteiger partial charge on any atom is 0.417 e. The summed E-state index contributed by atoms with van der Waals surface area (Å²) in [5.41, 5.74) is 4.78. The van der Waals surface area contributed by atoms with Crippen LogP contribution in [0.1, 0.15) is 16.1 Å². The molecule has 0 aliphatic heterocycles. The van der Waals surface area contributed by atoms with E-state index in [4.69, 9.17) is 17.3 Å². The third-order valence-corrected chi connectivity index (χ3v) is 2.88. The van der Waals surface area contributed by atoms with Crippen LogP contribution < -0.4 is 11.1 Å². The maximum absolute atomic E-state index is 12.7. The normalized spacial score (nSPS) is 11.2. The summed E-state index contributed by atoms with van der Waals surface area (Å²) in [5.74, 6) is -0.648. The second-order valence-corrected chi connectivity index (χ2v) is 4.53. The number of carbonyl (C=O) groups is 1. The summed E-state index contributed by atoms with van der Waals surface area (Å²) in [4.78, 5) is 15.6. The minimum Gasteiger partial charge on any atom is -0.397 e. The number of carbonyl (C=O) groups excluding carboxylic acids is 1. The van der Waals surface area contributed by atoms with Crippen LogP contribution in [0.3, 0.4) is 0 Å². The van der Waals surface area contributed by atoms with Crippen molar-refractivity contribution in [2.75, 3.05) is 11.1 Å². The first-order valence-electron chi connectivity index (χ1n) is 5.67. The van der Waals surface area contributed by atoms with Crippen molar-refractivity contribution >= 4 is 28.9 Å². The highest BCUT2D eigenvalue weighted by molar-refractivity contribution is 6.31. The van der Waals surface area contributed by atoms with Gasteiger partial charge in [-0.15, -0.1) is 0 Å². The molecule has 0 unspecified atom stereocenters. The molecule has 0 radical (unpaired) electrons. The number of pyridine rings is 1. The average molecular weight is 316 g/mol. The summed E-state index contributed by atoms with van der Waals surface area (Å²) in [6, 6.07) is 5.93. The van der Waals surface area contributed by atoms with Gasteiger partial charge in [-0.25, -0.2) is 4.98 Å². The maximum atomic E-state index is 12.7. The molecule has 1 amide bonds. The Balaban J connectivity index is 2.24. The zero-order valence-electron chi connectivity index (χ0n) is 10.4. The number of nitrogen functional groups attached to an aromatic ring is 1. The average Bonchev–Trinajstić information content (AvgIpc) is 2.40. The quantitative estimate of drug-likeness (QED) is 0.890. The van der Waals surface area contributed by atoms with Gasteiger partial charge in [0.25, 0.3) is 5.91 Å². The molecule has 0 fully saturated rings. The Morgan fingerprint density at radius 3 is 2.52 bits per heavy atom. The van der Waals surface area contributed by atoms with E-state index in [2.05, 4.69) is 10.3 Å². The smallest absolute Gasteiger partial charge is 0.397 e. The Bertz CT molecular complexity index is 671. The predicted molar refractivity (Wildman–Crippen MR) is 73.1 cm³/mol. The lowest BCUT2D eigenvalue weighted by molar-refractivity contribution is -0.137. The first-order valence-corrected chi connectivity index (χ1v) is 6.05. The van der Waals surface area contributed by atoms with Crippen LogP contribution in [-0.2, 0) is 6.18 Å². The molecule has 0 aliphatic rings. The highest BCUT2D eigenvalue weighted by atomic mass is 35.5. The molecule has 1 aromatic carbocycles. The summed E-state index contributed by atoms with van der Waals surface area (Å²) in [6.07, 6.45) is -3.32. The monoisotopic (exact) mass is 315 g/mol. The van der Waals surface area contributed by atoms with E-state index in [1.165, 1.54) is 24.4 Å². The lowest BCUT2D eigenvalue weighted by Crippen LogP contribution is -2.14. The van der Waals surface area contributed by atoms with E-state index in [1.54, 1.807) is 0 Å². The van der Waals surface area contributed by atoms with Gasteiger partial charge in [0.15, 0.2) is 0 Å². The summed E-state index contributed by atoms with van der Waals surface area (Å²) < 4.78 is 38.1. The van der Waals surface area contributed by atoms with Gasteiger partial charge in [0.05, 0.1) is 22.5 Å². The fourth-order valence-corrected chi connectivity index (χ4v) is 1.78. The van der Waals surface area contributed by atoms with Gasteiger partial charge in [0.1, 0.15) is 5.69 Å². The van der Waals surface area contributed by atoms with Crippen LogP contribution in [0.2, 0.25) is 5.02 Å². The number of hydrogen-bond acceptors (Lipinski definition) is 3. The SMILES string of the molecule is Nc1ccc(C(=O)Nc2ccc(Cl)c(C(F)(F)F)c2)nc1. The van der Waals surface area contributed by atoms with Crippen LogP contribution >= 0.6 is 11.6 Å². The summed E-state index contributed by atoms with van der Waals surface area (Å²) in [6.45, 7) is 0. The van der Waals surface area contributed by atoms with Crippen molar-refractivity contribution in [2.45, 2.75) is 6.18 Å². The zero-order chi connectivity index (χ0) is 15.6. The lowest BCUT2D eigenvalue weighted by Gasteiger charge is -2.11. The molecule has 2 aromatic rings. The van der Waals surface area contributed by atoms with E-state index in [0.29, 0.717) is 5.69 Å². The van der Waals surface area contributed by atoms with Gasteiger partial charge in [0.2, 0.25) is 0 Å². The van der Waals surface area contributed by atoms with Gasteiger partial charge >= 0.3 is 6.18 Å². The third kappa shape index (κ3) is 3.63. The van der Waals surface area contributed by atoms with E-state index in [9.17, 15) is 18.0 Å². The molecule has 1 aromatic heterocycles. The molecule has 0 spiro atoms. The predicted octanol–water partition coefficient (Wildman–Crippen LogP) is 3.59. The number of alkyl halides is 3. The fraction of sp³-hybridized carbons (Fsp3) is 0.0769. The molecule has 2 rings (SSSR count). The number of halogens is 4. The number of aromatic nitrogens is 1. The van der Waals surface area contributed by atoms with Crippen molar-refractivity contribution in [1.29, 1.82) is 0 Å². The molecule has 8 heteroatoms. The first kappa shape index (κ1) is 15.1. The van der Waals surface area contributed by atoms with Crippen LogP contribution in [-0.4, -0.2) is 10.9 Å². The van der Waals surface area contributed by atoms with E-state index >= 15 is 0 Å².